The molecular formula is C8H6BrNO. The Balaban J connectivity index is 2.81. The highest BCUT2D eigenvalue weighted by Crippen LogP contribution is 2.07. The molecule has 0 atom stereocenters. The normalized spacial score (nSPS) is 10.3. The first-order chi connectivity index (χ1) is 5.33. The molecule has 0 bridgehead atoms. The first kappa shape index (κ1) is 8.14. The number of aromatic nitrogens is 1. The second kappa shape index (κ2) is 4.03. The number of pyridine rings is 1. The molecule has 0 aromatic carbocycles. The van der Waals surface area contributed by atoms with Gasteiger partial charge in [0, 0.05) is 10.7 Å². The first-order valence-corrected chi connectivity index (χ1v) is 3.85. The van der Waals surface area contributed by atoms with E-state index in [0.29, 0.717) is 0 Å². The van der Waals surface area contributed by atoms with Crippen molar-refractivity contribution in [2.75, 3.05) is 0 Å². The van der Waals surface area contributed by atoms with E-state index in [0.717, 1.165) is 16.5 Å². The predicted molar refractivity (Wildman–Crippen MR) is 47.0 cm³/mol. The van der Waals surface area contributed by atoms with Crippen LogP contribution in [0.4, 0.5) is 0 Å². The van der Waals surface area contributed by atoms with Gasteiger partial charge in [0.15, 0.2) is 0 Å². The zero-order valence-corrected chi connectivity index (χ0v) is 7.28. The van der Waals surface area contributed by atoms with E-state index in [1.165, 1.54) is 6.08 Å². The first-order valence-electron chi connectivity index (χ1n) is 3.06. The minimum absolute atomic E-state index is 0.726. The van der Waals surface area contributed by atoms with Crippen LogP contribution in [0.25, 0.3) is 6.08 Å². The largest absolute Gasteiger partial charge is 0.299 e. The molecule has 0 aliphatic heterocycles. The molecule has 1 aromatic heterocycles. The number of rotatable bonds is 2. The molecule has 1 rings (SSSR count). The lowest BCUT2D eigenvalue weighted by molar-refractivity contribution is -0.104. The molecule has 1 aromatic rings. The number of hydrogen-bond donors (Lipinski definition) is 0. The van der Waals surface area contributed by atoms with Crippen molar-refractivity contribution in [1.82, 2.24) is 4.98 Å². The Labute approximate surface area is 73.1 Å². The van der Waals surface area contributed by atoms with Gasteiger partial charge < -0.3 is 0 Å². The van der Waals surface area contributed by atoms with E-state index < -0.39 is 0 Å². The molecule has 0 aliphatic carbocycles. The van der Waals surface area contributed by atoms with Gasteiger partial charge >= 0.3 is 0 Å². The molecule has 56 valence electrons. The number of aldehydes is 1. The molecule has 1 heterocycles. The van der Waals surface area contributed by atoms with Crippen LogP contribution in [0.15, 0.2) is 28.9 Å². The smallest absolute Gasteiger partial charge is 0.142 e. The number of carbonyl (C=O) groups excluding carboxylic acids is 1. The lowest BCUT2D eigenvalue weighted by Gasteiger charge is -1.90. The molecule has 11 heavy (non-hydrogen) atoms. The van der Waals surface area contributed by atoms with Gasteiger partial charge in [-0.05, 0) is 40.2 Å². The minimum Gasteiger partial charge on any atom is -0.299 e. The number of carbonyl (C=O) groups is 1. The van der Waals surface area contributed by atoms with E-state index >= 15 is 0 Å². The van der Waals surface area contributed by atoms with Crippen molar-refractivity contribution >= 4 is 28.3 Å². The molecule has 0 unspecified atom stereocenters. The number of halogens is 1. The molecule has 0 saturated carbocycles. The van der Waals surface area contributed by atoms with Crippen LogP contribution in [0.2, 0.25) is 0 Å². The number of hydrogen-bond acceptors (Lipinski definition) is 2. The zero-order valence-electron chi connectivity index (χ0n) is 5.70. The van der Waals surface area contributed by atoms with Crippen molar-refractivity contribution in [2.45, 2.75) is 0 Å². The molecule has 0 fully saturated rings. The van der Waals surface area contributed by atoms with Crippen molar-refractivity contribution in [3.63, 3.8) is 0 Å². The van der Waals surface area contributed by atoms with Gasteiger partial charge in [0.25, 0.3) is 0 Å². The van der Waals surface area contributed by atoms with E-state index in [4.69, 9.17) is 0 Å². The van der Waals surface area contributed by atoms with E-state index in [1.54, 1.807) is 12.3 Å². The highest BCUT2D eigenvalue weighted by atomic mass is 79.9. The molecule has 0 aliphatic rings. The second-order valence-electron chi connectivity index (χ2n) is 1.90. The summed E-state index contributed by atoms with van der Waals surface area (Å²) in [4.78, 5) is 13.9. The van der Waals surface area contributed by atoms with Gasteiger partial charge in [-0.2, -0.15) is 0 Å². The second-order valence-corrected chi connectivity index (χ2v) is 2.81. The lowest BCUT2D eigenvalue weighted by Crippen LogP contribution is -1.77. The van der Waals surface area contributed by atoms with Gasteiger partial charge in [-0.3, -0.25) is 9.78 Å². The lowest BCUT2D eigenvalue weighted by atomic mass is 10.3. The van der Waals surface area contributed by atoms with Crippen LogP contribution in [-0.2, 0) is 4.79 Å². The Kier molecular flexibility index (Phi) is 2.98. The van der Waals surface area contributed by atoms with E-state index in [1.807, 2.05) is 12.1 Å². The fourth-order valence-corrected chi connectivity index (χ4v) is 0.858. The molecule has 0 spiro atoms. The van der Waals surface area contributed by atoms with Gasteiger partial charge in [-0.1, -0.05) is 0 Å². The van der Waals surface area contributed by atoms with Crippen molar-refractivity contribution < 1.29 is 4.79 Å². The van der Waals surface area contributed by atoms with Crippen LogP contribution in [0.1, 0.15) is 5.69 Å². The highest BCUT2D eigenvalue weighted by Gasteiger charge is 1.86. The maximum atomic E-state index is 9.92. The Bertz CT molecular complexity index is 266. The van der Waals surface area contributed by atoms with Gasteiger partial charge in [0.2, 0.25) is 0 Å². The van der Waals surface area contributed by atoms with E-state index in [9.17, 15) is 4.79 Å². The number of allylic oxidation sites excluding steroid dienone is 1. The third-order valence-corrected chi connectivity index (χ3v) is 1.56. The van der Waals surface area contributed by atoms with Crippen LogP contribution in [0, 0.1) is 0 Å². The summed E-state index contributed by atoms with van der Waals surface area (Å²) in [5.74, 6) is 0. The Hall–Kier alpha value is -0.960. The number of nitrogens with zero attached hydrogens (tertiary/aromatic N) is 1. The Morgan fingerprint density at radius 3 is 2.82 bits per heavy atom. The Morgan fingerprint density at radius 1 is 1.45 bits per heavy atom. The van der Waals surface area contributed by atoms with Crippen LogP contribution < -0.4 is 0 Å². The summed E-state index contributed by atoms with van der Waals surface area (Å²) in [6.45, 7) is 0. The zero-order chi connectivity index (χ0) is 8.10. The molecule has 3 heteroatoms. The SMILES string of the molecule is O=CC=Cc1ccc(Br)cn1. The standard InChI is InChI=1S/C8H6BrNO/c9-7-3-4-8(10-6-7)2-1-5-11/h1-6H. The Morgan fingerprint density at radius 2 is 2.27 bits per heavy atom. The summed E-state index contributed by atoms with van der Waals surface area (Å²) < 4.78 is 0.931. The summed E-state index contributed by atoms with van der Waals surface area (Å²) in [6.07, 6.45) is 5.48. The molecule has 0 amide bonds. The summed E-state index contributed by atoms with van der Waals surface area (Å²) in [5, 5.41) is 0. The molecule has 0 saturated heterocycles. The topological polar surface area (TPSA) is 30.0 Å². The molecular weight excluding hydrogens is 206 g/mol. The fraction of sp³-hybridized carbons (Fsp3) is 0. The van der Waals surface area contributed by atoms with Crippen LogP contribution in [0.5, 0.6) is 0 Å². The molecule has 2 nitrogen and oxygen atoms in total. The highest BCUT2D eigenvalue weighted by molar-refractivity contribution is 9.10. The third-order valence-electron chi connectivity index (χ3n) is 1.10. The summed E-state index contributed by atoms with van der Waals surface area (Å²) in [5.41, 5.74) is 0.778. The van der Waals surface area contributed by atoms with Gasteiger partial charge in [-0.15, -0.1) is 0 Å². The van der Waals surface area contributed by atoms with Crippen molar-refractivity contribution in [1.29, 1.82) is 0 Å². The fourth-order valence-electron chi connectivity index (χ4n) is 0.624. The average molecular weight is 212 g/mol. The van der Waals surface area contributed by atoms with E-state index in [2.05, 4.69) is 20.9 Å². The quantitative estimate of drug-likeness (QED) is 0.554. The average Bonchev–Trinajstić information content (AvgIpc) is 2.04. The van der Waals surface area contributed by atoms with Crippen LogP contribution in [-0.4, -0.2) is 11.3 Å². The van der Waals surface area contributed by atoms with Crippen molar-refractivity contribution in [3.8, 4) is 0 Å². The van der Waals surface area contributed by atoms with Crippen molar-refractivity contribution in [2.24, 2.45) is 0 Å². The monoisotopic (exact) mass is 211 g/mol. The van der Waals surface area contributed by atoms with E-state index in [-0.39, 0.29) is 0 Å². The summed E-state index contributed by atoms with van der Waals surface area (Å²) in [7, 11) is 0. The van der Waals surface area contributed by atoms with Gasteiger partial charge in [0.05, 0.1) is 5.69 Å². The third kappa shape index (κ3) is 2.63. The predicted octanol–water partition coefficient (Wildman–Crippen LogP) is 2.06. The van der Waals surface area contributed by atoms with Crippen LogP contribution >= 0.6 is 15.9 Å². The van der Waals surface area contributed by atoms with Crippen LogP contribution in [0.3, 0.4) is 0 Å². The maximum Gasteiger partial charge on any atom is 0.142 e. The summed E-state index contributed by atoms with van der Waals surface area (Å²) in [6, 6.07) is 3.70. The van der Waals surface area contributed by atoms with Crippen molar-refractivity contribution in [3.05, 3.63) is 34.6 Å². The molecule has 0 N–H and O–H groups in total. The van der Waals surface area contributed by atoms with Gasteiger partial charge in [0.1, 0.15) is 6.29 Å². The van der Waals surface area contributed by atoms with Gasteiger partial charge in [-0.25, -0.2) is 0 Å². The minimum atomic E-state index is 0.726. The molecule has 0 radical (unpaired) electrons. The maximum absolute atomic E-state index is 9.92. The summed E-state index contributed by atoms with van der Waals surface area (Å²) >= 11 is 3.26.